The van der Waals surface area contributed by atoms with Crippen molar-refractivity contribution in [1.82, 2.24) is 0 Å². The van der Waals surface area contributed by atoms with Crippen LogP contribution in [0, 0.1) is 6.92 Å². The summed E-state index contributed by atoms with van der Waals surface area (Å²) in [4.78, 5) is 11.7. The van der Waals surface area contributed by atoms with Gasteiger partial charge in [0.1, 0.15) is 6.61 Å². The van der Waals surface area contributed by atoms with E-state index in [0.717, 1.165) is 10.0 Å². The number of Topliss-reactive ketones (excluding diaryl/α,β-unsaturated/α-hetero) is 1. The number of carbonyl (C=O) groups excluding carboxylic acids is 1. The second-order valence-corrected chi connectivity index (χ2v) is 4.60. The van der Waals surface area contributed by atoms with Gasteiger partial charge in [0, 0.05) is 10.0 Å². The predicted octanol–water partition coefficient (Wildman–Crippen LogP) is 3.37. The van der Waals surface area contributed by atoms with Crippen LogP contribution in [-0.2, 0) is 4.74 Å². The lowest BCUT2D eigenvalue weighted by atomic mass is 10.1. The van der Waals surface area contributed by atoms with Gasteiger partial charge in [0.15, 0.2) is 5.78 Å². The van der Waals surface area contributed by atoms with Crippen molar-refractivity contribution in [2.24, 2.45) is 0 Å². The third kappa shape index (κ3) is 3.76. The molecule has 0 aromatic heterocycles. The average molecular weight is 271 g/mol. The van der Waals surface area contributed by atoms with E-state index in [2.05, 4.69) is 15.9 Å². The molecule has 1 rings (SSSR count). The number of aryl methyl sites for hydroxylation is 1. The van der Waals surface area contributed by atoms with Crippen molar-refractivity contribution in [3.63, 3.8) is 0 Å². The van der Waals surface area contributed by atoms with Gasteiger partial charge in [-0.2, -0.15) is 0 Å². The Morgan fingerprint density at radius 3 is 2.67 bits per heavy atom. The van der Waals surface area contributed by atoms with Crippen LogP contribution in [0.3, 0.4) is 0 Å². The molecule has 0 amide bonds. The van der Waals surface area contributed by atoms with Gasteiger partial charge in [-0.3, -0.25) is 4.79 Å². The Labute approximate surface area is 98.8 Å². The average Bonchev–Trinajstić information content (AvgIpc) is 2.18. The van der Waals surface area contributed by atoms with Crippen molar-refractivity contribution in [2.75, 3.05) is 6.61 Å². The Balaban J connectivity index is 2.70. The number of ether oxygens (including phenoxy) is 1. The Kier molecular flexibility index (Phi) is 4.48. The summed E-state index contributed by atoms with van der Waals surface area (Å²) in [6.45, 7) is 5.97. The van der Waals surface area contributed by atoms with Crippen LogP contribution in [0.2, 0.25) is 0 Å². The fraction of sp³-hybridized carbons (Fsp3) is 0.417. The molecule has 0 aliphatic carbocycles. The molecule has 0 radical (unpaired) electrons. The SMILES string of the molecule is Cc1ccc(C(=O)COC(C)C)cc1Br. The zero-order valence-corrected chi connectivity index (χ0v) is 10.8. The highest BCUT2D eigenvalue weighted by molar-refractivity contribution is 9.10. The molecule has 15 heavy (non-hydrogen) atoms. The number of carbonyl (C=O) groups is 1. The summed E-state index contributed by atoms with van der Waals surface area (Å²) in [5.74, 6) is 0.0180. The molecule has 0 saturated heterocycles. The molecule has 1 aromatic rings. The summed E-state index contributed by atoms with van der Waals surface area (Å²) in [6.07, 6.45) is 0.0860. The van der Waals surface area contributed by atoms with Crippen LogP contribution < -0.4 is 0 Å². The van der Waals surface area contributed by atoms with Gasteiger partial charge in [0.05, 0.1) is 6.10 Å². The number of hydrogen-bond donors (Lipinski definition) is 0. The van der Waals surface area contributed by atoms with Gasteiger partial charge in [-0.1, -0.05) is 28.1 Å². The molecular formula is C12H15BrO2. The van der Waals surface area contributed by atoms with E-state index in [-0.39, 0.29) is 18.5 Å². The minimum absolute atomic E-state index is 0.0180. The maximum Gasteiger partial charge on any atom is 0.188 e. The molecule has 0 spiro atoms. The fourth-order valence-electron chi connectivity index (χ4n) is 1.09. The van der Waals surface area contributed by atoms with Crippen molar-refractivity contribution < 1.29 is 9.53 Å². The van der Waals surface area contributed by atoms with Gasteiger partial charge in [-0.05, 0) is 32.4 Å². The Morgan fingerprint density at radius 1 is 1.47 bits per heavy atom. The highest BCUT2D eigenvalue weighted by Gasteiger charge is 2.08. The van der Waals surface area contributed by atoms with E-state index in [9.17, 15) is 4.79 Å². The van der Waals surface area contributed by atoms with E-state index >= 15 is 0 Å². The first kappa shape index (κ1) is 12.4. The van der Waals surface area contributed by atoms with Crippen LogP contribution in [-0.4, -0.2) is 18.5 Å². The number of halogens is 1. The lowest BCUT2D eigenvalue weighted by Gasteiger charge is -2.07. The molecule has 3 heteroatoms. The fourth-order valence-corrected chi connectivity index (χ4v) is 1.47. The van der Waals surface area contributed by atoms with Gasteiger partial charge in [0.2, 0.25) is 0 Å². The maximum atomic E-state index is 11.7. The van der Waals surface area contributed by atoms with E-state index in [1.807, 2.05) is 39.0 Å². The minimum atomic E-state index is 0.0180. The van der Waals surface area contributed by atoms with E-state index in [1.165, 1.54) is 0 Å². The van der Waals surface area contributed by atoms with Gasteiger partial charge in [0.25, 0.3) is 0 Å². The Morgan fingerprint density at radius 2 is 2.13 bits per heavy atom. The Bertz CT molecular complexity index is 359. The topological polar surface area (TPSA) is 26.3 Å². The molecule has 0 atom stereocenters. The van der Waals surface area contributed by atoms with E-state index in [0.29, 0.717) is 5.56 Å². The standard InChI is InChI=1S/C12H15BrO2/c1-8(2)15-7-12(14)10-5-4-9(3)11(13)6-10/h4-6,8H,7H2,1-3H3. The van der Waals surface area contributed by atoms with Gasteiger partial charge in [-0.15, -0.1) is 0 Å². The third-order valence-corrected chi connectivity index (χ3v) is 2.90. The third-order valence-electron chi connectivity index (χ3n) is 2.04. The molecule has 82 valence electrons. The number of rotatable bonds is 4. The number of ketones is 1. The lowest BCUT2D eigenvalue weighted by Crippen LogP contribution is -2.13. The first-order chi connectivity index (χ1) is 7.00. The van der Waals surface area contributed by atoms with E-state index < -0.39 is 0 Å². The van der Waals surface area contributed by atoms with Crippen LogP contribution in [0.5, 0.6) is 0 Å². The van der Waals surface area contributed by atoms with Crippen LogP contribution in [0.4, 0.5) is 0 Å². The molecule has 0 fully saturated rings. The molecular weight excluding hydrogens is 256 g/mol. The predicted molar refractivity (Wildman–Crippen MR) is 64.3 cm³/mol. The zero-order chi connectivity index (χ0) is 11.4. The summed E-state index contributed by atoms with van der Waals surface area (Å²) in [7, 11) is 0. The van der Waals surface area contributed by atoms with Crippen LogP contribution in [0.15, 0.2) is 22.7 Å². The smallest absolute Gasteiger partial charge is 0.188 e. The normalized spacial score (nSPS) is 10.7. The molecule has 0 bridgehead atoms. The molecule has 0 N–H and O–H groups in total. The quantitative estimate of drug-likeness (QED) is 0.785. The highest BCUT2D eigenvalue weighted by atomic mass is 79.9. The van der Waals surface area contributed by atoms with Crippen LogP contribution in [0.1, 0.15) is 29.8 Å². The molecule has 2 nitrogen and oxygen atoms in total. The second kappa shape index (κ2) is 5.42. The van der Waals surface area contributed by atoms with Crippen LogP contribution >= 0.6 is 15.9 Å². The maximum absolute atomic E-state index is 11.7. The van der Waals surface area contributed by atoms with Crippen molar-refractivity contribution in [3.8, 4) is 0 Å². The minimum Gasteiger partial charge on any atom is -0.371 e. The molecule has 0 aliphatic rings. The van der Waals surface area contributed by atoms with E-state index in [4.69, 9.17) is 4.74 Å². The van der Waals surface area contributed by atoms with Gasteiger partial charge < -0.3 is 4.74 Å². The monoisotopic (exact) mass is 270 g/mol. The highest BCUT2D eigenvalue weighted by Crippen LogP contribution is 2.17. The summed E-state index contributed by atoms with van der Waals surface area (Å²) in [6, 6.07) is 5.58. The van der Waals surface area contributed by atoms with Crippen molar-refractivity contribution in [1.29, 1.82) is 0 Å². The van der Waals surface area contributed by atoms with Gasteiger partial charge in [-0.25, -0.2) is 0 Å². The van der Waals surface area contributed by atoms with Crippen molar-refractivity contribution in [2.45, 2.75) is 26.9 Å². The number of hydrogen-bond acceptors (Lipinski definition) is 2. The lowest BCUT2D eigenvalue weighted by molar-refractivity contribution is 0.0585. The zero-order valence-electron chi connectivity index (χ0n) is 9.21. The van der Waals surface area contributed by atoms with Crippen LogP contribution in [0.25, 0.3) is 0 Å². The first-order valence-corrected chi connectivity index (χ1v) is 5.71. The van der Waals surface area contributed by atoms with Gasteiger partial charge >= 0.3 is 0 Å². The Hall–Kier alpha value is -0.670. The van der Waals surface area contributed by atoms with E-state index in [1.54, 1.807) is 0 Å². The second-order valence-electron chi connectivity index (χ2n) is 3.75. The number of benzene rings is 1. The molecule has 0 heterocycles. The summed E-state index contributed by atoms with van der Waals surface area (Å²) in [5.41, 5.74) is 1.81. The molecule has 0 saturated carbocycles. The van der Waals surface area contributed by atoms with Crippen molar-refractivity contribution >= 4 is 21.7 Å². The summed E-state index contributed by atoms with van der Waals surface area (Å²) >= 11 is 3.40. The molecule has 0 unspecified atom stereocenters. The summed E-state index contributed by atoms with van der Waals surface area (Å²) < 4.78 is 6.22. The van der Waals surface area contributed by atoms with Crippen molar-refractivity contribution in [3.05, 3.63) is 33.8 Å². The largest absolute Gasteiger partial charge is 0.371 e. The molecule has 1 aromatic carbocycles. The molecule has 0 aliphatic heterocycles. The summed E-state index contributed by atoms with van der Waals surface area (Å²) in [5, 5.41) is 0. The first-order valence-electron chi connectivity index (χ1n) is 4.91.